The molecule has 224 valence electrons. The molecule has 0 atom stereocenters. The summed E-state index contributed by atoms with van der Waals surface area (Å²) in [5.41, 5.74) is 4.49. The van der Waals surface area contributed by atoms with E-state index in [-0.39, 0.29) is 18.0 Å². The van der Waals surface area contributed by atoms with E-state index in [1.54, 1.807) is 20.1 Å². The quantitative estimate of drug-likeness (QED) is 0.344. The fourth-order valence-electron chi connectivity index (χ4n) is 6.33. The van der Waals surface area contributed by atoms with Crippen molar-refractivity contribution in [2.45, 2.75) is 71.5 Å². The van der Waals surface area contributed by atoms with Crippen molar-refractivity contribution < 1.29 is 14.3 Å². The van der Waals surface area contributed by atoms with Crippen LogP contribution in [0.25, 0.3) is 10.9 Å². The second-order valence-electron chi connectivity index (χ2n) is 11.0. The van der Waals surface area contributed by atoms with Gasteiger partial charge in [-0.3, -0.25) is 14.3 Å². The van der Waals surface area contributed by atoms with Crippen LogP contribution in [0, 0.1) is 6.92 Å². The van der Waals surface area contributed by atoms with Crippen LogP contribution in [-0.2, 0) is 24.8 Å². The van der Waals surface area contributed by atoms with E-state index in [4.69, 9.17) is 9.47 Å². The van der Waals surface area contributed by atoms with Crippen LogP contribution in [0.4, 0.5) is 5.69 Å². The number of likely N-dealkylation sites (N-methyl/N-ethyl adjacent to an activating group) is 1. The van der Waals surface area contributed by atoms with Gasteiger partial charge in [0.15, 0.2) is 0 Å². The molecule has 1 amide bonds. The minimum absolute atomic E-state index is 0.0671. The Morgan fingerprint density at radius 2 is 1.85 bits per heavy atom. The highest BCUT2D eigenvalue weighted by molar-refractivity contribution is 6.05. The highest BCUT2D eigenvalue weighted by atomic mass is 16.5. The molecule has 1 aromatic carbocycles. The average molecular weight is 567 g/mol. The molecule has 2 aromatic heterocycles. The number of benzene rings is 1. The highest BCUT2D eigenvalue weighted by Crippen LogP contribution is 2.38. The third kappa shape index (κ3) is 6.43. The number of nitrogens with one attached hydrogen (secondary N) is 2. The van der Waals surface area contributed by atoms with E-state index in [0.717, 1.165) is 67.5 Å². The zero-order chi connectivity index (χ0) is 29.7. The summed E-state index contributed by atoms with van der Waals surface area (Å²) in [7, 11) is 7.38. The zero-order valence-corrected chi connectivity index (χ0v) is 25.7. The lowest BCUT2D eigenvalue weighted by atomic mass is 9.88. The molecule has 1 saturated carbocycles. The summed E-state index contributed by atoms with van der Waals surface area (Å²) < 4.78 is 12.5. The first-order chi connectivity index (χ1) is 19.7. The van der Waals surface area contributed by atoms with E-state index in [9.17, 15) is 9.59 Å². The number of carbonyl (C=O) groups is 1. The van der Waals surface area contributed by atoms with E-state index in [1.165, 1.54) is 7.11 Å². The number of nitrogens with zero attached hydrogens (tertiary/aromatic N) is 4. The van der Waals surface area contributed by atoms with Crippen molar-refractivity contribution in [2.24, 2.45) is 7.05 Å². The van der Waals surface area contributed by atoms with Gasteiger partial charge in [-0.1, -0.05) is 6.92 Å². The van der Waals surface area contributed by atoms with Crippen molar-refractivity contribution in [1.29, 1.82) is 0 Å². The normalized spacial score (nSPS) is 17.3. The van der Waals surface area contributed by atoms with Crippen LogP contribution in [0.3, 0.4) is 0 Å². The number of anilines is 1. The fraction of sp³-hybridized carbons (Fsp3) is 0.581. The van der Waals surface area contributed by atoms with E-state index in [2.05, 4.69) is 46.1 Å². The van der Waals surface area contributed by atoms with E-state index < -0.39 is 0 Å². The second kappa shape index (κ2) is 13.5. The lowest BCUT2D eigenvalue weighted by molar-refractivity contribution is 0.0949. The molecule has 1 fully saturated rings. The predicted octanol–water partition coefficient (Wildman–Crippen LogP) is 3.79. The lowest BCUT2D eigenvalue weighted by Gasteiger charge is -2.41. The number of H-pyrrole nitrogens is 1. The van der Waals surface area contributed by atoms with Crippen molar-refractivity contribution in [1.82, 2.24) is 25.0 Å². The number of hydrogen-bond donors (Lipinski definition) is 2. The Kier molecular flexibility index (Phi) is 10.1. The van der Waals surface area contributed by atoms with E-state index in [1.807, 2.05) is 24.0 Å². The summed E-state index contributed by atoms with van der Waals surface area (Å²) in [5.74, 6) is 0.249. The Morgan fingerprint density at radius 1 is 1.15 bits per heavy atom. The lowest BCUT2D eigenvalue weighted by Crippen LogP contribution is -2.44. The van der Waals surface area contributed by atoms with Gasteiger partial charge in [0.2, 0.25) is 0 Å². The third-order valence-corrected chi connectivity index (χ3v) is 8.61. The first-order valence-corrected chi connectivity index (χ1v) is 14.7. The number of carbonyl (C=O) groups excluding carboxylic acids is 1. The molecule has 10 heteroatoms. The molecular formula is C31H46N6O4. The van der Waals surface area contributed by atoms with Gasteiger partial charge in [-0.25, -0.2) is 0 Å². The van der Waals surface area contributed by atoms with Crippen molar-refractivity contribution in [3.8, 4) is 5.75 Å². The molecule has 0 unspecified atom stereocenters. The Bertz CT molecular complexity index is 1410. The van der Waals surface area contributed by atoms with Crippen LogP contribution >= 0.6 is 0 Å². The molecule has 0 aliphatic heterocycles. The van der Waals surface area contributed by atoms with Gasteiger partial charge in [-0.05, 0) is 70.7 Å². The highest BCUT2D eigenvalue weighted by Gasteiger charge is 2.31. The number of aromatic amines is 1. The average Bonchev–Trinajstić information content (AvgIpc) is 3.35. The molecule has 0 radical (unpaired) electrons. The number of pyridine rings is 1. The molecule has 1 aliphatic carbocycles. The molecule has 1 aliphatic rings. The van der Waals surface area contributed by atoms with Crippen LogP contribution in [0.2, 0.25) is 0 Å². The fourth-order valence-corrected chi connectivity index (χ4v) is 6.33. The van der Waals surface area contributed by atoms with Gasteiger partial charge >= 0.3 is 0 Å². The number of ether oxygens (including phenoxy) is 2. The Morgan fingerprint density at radius 3 is 2.49 bits per heavy atom. The van der Waals surface area contributed by atoms with Gasteiger partial charge < -0.3 is 29.6 Å². The van der Waals surface area contributed by atoms with Crippen LogP contribution in [0.1, 0.15) is 66.7 Å². The van der Waals surface area contributed by atoms with Gasteiger partial charge in [-0.15, -0.1) is 0 Å². The van der Waals surface area contributed by atoms with Gasteiger partial charge in [0, 0.05) is 56.0 Å². The topological polar surface area (TPSA) is 105 Å². The summed E-state index contributed by atoms with van der Waals surface area (Å²) in [6, 6.07) is 4.65. The zero-order valence-electron chi connectivity index (χ0n) is 25.7. The van der Waals surface area contributed by atoms with Crippen molar-refractivity contribution in [3.63, 3.8) is 0 Å². The molecule has 0 saturated heterocycles. The van der Waals surface area contributed by atoms with E-state index in [0.29, 0.717) is 41.1 Å². The number of methoxy groups -OCH3 is 2. The molecule has 0 spiro atoms. The van der Waals surface area contributed by atoms with Gasteiger partial charge in [0.1, 0.15) is 5.75 Å². The van der Waals surface area contributed by atoms with Gasteiger partial charge in [0.25, 0.3) is 11.5 Å². The molecule has 3 aromatic rings. The third-order valence-electron chi connectivity index (χ3n) is 8.61. The van der Waals surface area contributed by atoms with Crippen molar-refractivity contribution >= 4 is 22.5 Å². The number of fused-ring (bicyclic) bond motifs is 1. The Hall–Kier alpha value is -3.37. The number of amides is 1. The molecule has 10 nitrogen and oxygen atoms in total. The van der Waals surface area contributed by atoms with Crippen molar-refractivity contribution in [3.05, 3.63) is 51.1 Å². The SMILES string of the molecule is CCc1c(C(=O)NCc2c(OC)cc(C)[nH]c2=O)cc2c(cnn2C)c1N(CC)C1CCC(N(C)CCOC)CC1. The number of aromatic nitrogens is 3. The number of hydrogen-bond acceptors (Lipinski definition) is 7. The monoisotopic (exact) mass is 566 g/mol. The molecule has 4 rings (SSSR count). The van der Waals surface area contributed by atoms with E-state index >= 15 is 0 Å². The summed E-state index contributed by atoms with van der Waals surface area (Å²) in [6.45, 7) is 8.69. The number of rotatable bonds is 12. The van der Waals surface area contributed by atoms with Gasteiger partial charge in [-0.2, -0.15) is 5.10 Å². The van der Waals surface area contributed by atoms with Gasteiger partial charge in [0.05, 0.1) is 43.2 Å². The molecule has 0 bridgehead atoms. The predicted molar refractivity (Wildman–Crippen MR) is 163 cm³/mol. The largest absolute Gasteiger partial charge is 0.496 e. The second-order valence-corrected chi connectivity index (χ2v) is 11.0. The van der Waals surface area contributed by atoms with Crippen LogP contribution < -0.4 is 20.5 Å². The molecular weight excluding hydrogens is 520 g/mol. The Labute approximate surface area is 243 Å². The number of aryl methyl sites for hydroxylation is 2. The first-order valence-electron chi connectivity index (χ1n) is 14.7. The minimum Gasteiger partial charge on any atom is -0.496 e. The minimum atomic E-state index is -0.263. The molecule has 2 N–H and O–H groups in total. The van der Waals surface area contributed by atoms with Crippen LogP contribution in [0.5, 0.6) is 5.75 Å². The Balaban J connectivity index is 1.65. The smallest absolute Gasteiger partial charge is 0.256 e. The summed E-state index contributed by atoms with van der Waals surface area (Å²) in [4.78, 5) is 34.1. The van der Waals surface area contributed by atoms with Crippen molar-refractivity contribution in [2.75, 3.05) is 45.9 Å². The van der Waals surface area contributed by atoms with Crippen LogP contribution in [0.15, 0.2) is 23.1 Å². The maximum atomic E-state index is 13.8. The van der Waals surface area contributed by atoms with Crippen LogP contribution in [-0.4, -0.2) is 78.6 Å². The summed E-state index contributed by atoms with van der Waals surface area (Å²) in [5, 5.41) is 8.64. The molecule has 41 heavy (non-hydrogen) atoms. The molecule has 2 heterocycles. The maximum absolute atomic E-state index is 13.8. The standard InChI is InChI=1S/C31H46N6O4/c1-8-23-24(30(38)32-18-26-28(41-7)16-20(3)34-31(26)39)17-27-25(19-33-36(27)5)29(23)37(9-2)22-12-10-21(11-13-22)35(4)14-15-40-6/h16-17,19,21-22H,8-15,18H2,1-7H3,(H,32,38)(H,34,39). The summed E-state index contributed by atoms with van der Waals surface area (Å²) in [6.07, 6.45) is 7.07. The summed E-state index contributed by atoms with van der Waals surface area (Å²) >= 11 is 0. The maximum Gasteiger partial charge on any atom is 0.256 e. The first kappa shape index (κ1) is 30.6.